The number of phenolic OH excluding ortho intramolecular Hbond substituents is 1. The second kappa shape index (κ2) is 7.62. The quantitative estimate of drug-likeness (QED) is 0.878. The molecule has 1 aliphatic heterocycles. The van der Waals surface area contributed by atoms with Gasteiger partial charge in [0.2, 0.25) is 0 Å². The zero-order valence-electron chi connectivity index (χ0n) is 13.7. The van der Waals surface area contributed by atoms with E-state index in [1.807, 2.05) is 18.2 Å². The third-order valence-electron chi connectivity index (χ3n) is 4.36. The van der Waals surface area contributed by atoms with E-state index >= 15 is 0 Å². The zero-order chi connectivity index (χ0) is 16.1. The number of ether oxygens (including phenoxy) is 1. The lowest BCUT2D eigenvalue weighted by molar-refractivity contribution is 0.0676. The summed E-state index contributed by atoms with van der Waals surface area (Å²) in [6.45, 7) is 5.51. The molecule has 1 atom stereocenters. The van der Waals surface area contributed by atoms with Crippen molar-refractivity contribution in [1.82, 2.24) is 4.90 Å². The number of aryl methyl sites for hydroxylation is 1. The average molecular weight is 311 g/mol. The monoisotopic (exact) mass is 311 g/mol. The molecule has 3 nitrogen and oxygen atoms in total. The molecule has 1 unspecified atom stereocenters. The highest BCUT2D eigenvalue weighted by Gasteiger charge is 2.20. The molecule has 122 valence electrons. The van der Waals surface area contributed by atoms with E-state index in [2.05, 4.69) is 36.1 Å². The Labute approximate surface area is 138 Å². The summed E-state index contributed by atoms with van der Waals surface area (Å²) in [5.74, 6) is 0.370. The lowest BCUT2D eigenvalue weighted by atomic mass is 10.1. The lowest BCUT2D eigenvalue weighted by Crippen LogP contribution is -2.31. The van der Waals surface area contributed by atoms with Gasteiger partial charge in [0.25, 0.3) is 0 Å². The van der Waals surface area contributed by atoms with Gasteiger partial charge in [0.05, 0.1) is 6.10 Å². The van der Waals surface area contributed by atoms with Gasteiger partial charge in [-0.15, -0.1) is 0 Å². The summed E-state index contributed by atoms with van der Waals surface area (Å²) in [4.78, 5) is 2.37. The van der Waals surface area contributed by atoms with Crippen molar-refractivity contribution in [3.63, 3.8) is 0 Å². The van der Waals surface area contributed by atoms with Crippen LogP contribution in [0.15, 0.2) is 48.5 Å². The molecule has 0 radical (unpaired) electrons. The third-order valence-corrected chi connectivity index (χ3v) is 4.36. The summed E-state index contributed by atoms with van der Waals surface area (Å²) in [6.07, 6.45) is 2.59. The SMILES string of the molecule is Cc1cccc(CN(Cc2ccccc2O)CC2CCCO2)c1. The topological polar surface area (TPSA) is 32.7 Å². The van der Waals surface area contributed by atoms with Crippen molar-refractivity contribution in [3.8, 4) is 5.75 Å². The molecule has 3 rings (SSSR count). The van der Waals surface area contributed by atoms with Gasteiger partial charge in [-0.1, -0.05) is 48.0 Å². The maximum Gasteiger partial charge on any atom is 0.120 e. The lowest BCUT2D eigenvalue weighted by Gasteiger charge is -2.26. The number of rotatable bonds is 6. The summed E-state index contributed by atoms with van der Waals surface area (Å²) in [6, 6.07) is 16.2. The maximum absolute atomic E-state index is 10.1. The van der Waals surface area contributed by atoms with Gasteiger partial charge in [0.1, 0.15) is 5.75 Å². The summed E-state index contributed by atoms with van der Waals surface area (Å²) < 4.78 is 5.81. The van der Waals surface area contributed by atoms with Gasteiger partial charge in [-0.3, -0.25) is 4.90 Å². The first-order valence-corrected chi connectivity index (χ1v) is 8.37. The van der Waals surface area contributed by atoms with Crippen LogP contribution in [0.3, 0.4) is 0 Å². The molecule has 1 N–H and O–H groups in total. The highest BCUT2D eigenvalue weighted by Crippen LogP contribution is 2.21. The van der Waals surface area contributed by atoms with Crippen LogP contribution < -0.4 is 0 Å². The third kappa shape index (κ3) is 4.57. The molecule has 0 aromatic heterocycles. The van der Waals surface area contributed by atoms with Crippen LogP contribution in [0.5, 0.6) is 5.75 Å². The molecule has 2 aromatic carbocycles. The van der Waals surface area contributed by atoms with Crippen molar-refractivity contribution in [2.24, 2.45) is 0 Å². The van der Waals surface area contributed by atoms with Crippen LogP contribution in [0.25, 0.3) is 0 Å². The Kier molecular flexibility index (Phi) is 5.31. The fraction of sp³-hybridized carbons (Fsp3) is 0.400. The van der Waals surface area contributed by atoms with Crippen LogP contribution in [0.2, 0.25) is 0 Å². The molecule has 0 saturated carbocycles. The molecule has 0 spiro atoms. The number of para-hydroxylation sites is 1. The standard InChI is InChI=1S/C20H25NO2/c1-16-6-4-7-17(12-16)13-21(15-19-9-5-11-23-19)14-18-8-2-3-10-20(18)22/h2-4,6-8,10,12,19,22H,5,9,11,13-15H2,1H3. The van der Waals surface area contributed by atoms with Crippen LogP contribution in [-0.4, -0.2) is 29.3 Å². The summed E-state index contributed by atoms with van der Waals surface area (Å²) >= 11 is 0. The Morgan fingerprint density at radius 2 is 2.00 bits per heavy atom. The van der Waals surface area contributed by atoms with Gasteiger partial charge in [0, 0.05) is 31.8 Å². The van der Waals surface area contributed by atoms with Crippen molar-refractivity contribution in [2.45, 2.75) is 39.0 Å². The molecule has 1 saturated heterocycles. The van der Waals surface area contributed by atoms with Crippen LogP contribution in [0, 0.1) is 6.92 Å². The smallest absolute Gasteiger partial charge is 0.120 e. The van der Waals surface area contributed by atoms with E-state index in [0.717, 1.165) is 44.6 Å². The molecular weight excluding hydrogens is 286 g/mol. The van der Waals surface area contributed by atoms with Crippen LogP contribution in [-0.2, 0) is 17.8 Å². The zero-order valence-corrected chi connectivity index (χ0v) is 13.7. The first-order chi connectivity index (χ1) is 11.2. The Hall–Kier alpha value is -1.84. The minimum atomic E-state index is 0.311. The molecule has 0 amide bonds. The van der Waals surface area contributed by atoms with Crippen LogP contribution >= 0.6 is 0 Å². The first kappa shape index (κ1) is 16.0. The highest BCUT2D eigenvalue weighted by atomic mass is 16.5. The minimum Gasteiger partial charge on any atom is -0.508 e. The maximum atomic E-state index is 10.1. The van der Waals surface area contributed by atoms with Gasteiger partial charge in [0.15, 0.2) is 0 Å². The summed E-state index contributed by atoms with van der Waals surface area (Å²) in [5, 5.41) is 10.1. The summed E-state index contributed by atoms with van der Waals surface area (Å²) in [7, 11) is 0. The molecule has 1 fully saturated rings. The normalized spacial score (nSPS) is 17.7. The first-order valence-electron chi connectivity index (χ1n) is 8.37. The van der Waals surface area contributed by atoms with Gasteiger partial charge in [-0.25, -0.2) is 0 Å². The van der Waals surface area contributed by atoms with E-state index in [1.165, 1.54) is 11.1 Å². The van der Waals surface area contributed by atoms with E-state index in [9.17, 15) is 5.11 Å². The van der Waals surface area contributed by atoms with Gasteiger partial charge < -0.3 is 9.84 Å². The van der Waals surface area contributed by atoms with Crippen molar-refractivity contribution in [2.75, 3.05) is 13.2 Å². The molecular formula is C20H25NO2. The Morgan fingerprint density at radius 1 is 1.13 bits per heavy atom. The molecule has 2 aromatic rings. The number of aromatic hydroxyl groups is 1. The molecule has 1 heterocycles. The largest absolute Gasteiger partial charge is 0.508 e. The predicted molar refractivity (Wildman–Crippen MR) is 92.4 cm³/mol. The van der Waals surface area contributed by atoms with Crippen LogP contribution in [0.4, 0.5) is 0 Å². The van der Waals surface area contributed by atoms with E-state index in [4.69, 9.17) is 4.74 Å². The van der Waals surface area contributed by atoms with Crippen LogP contribution in [0.1, 0.15) is 29.5 Å². The second-order valence-electron chi connectivity index (χ2n) is 6.42. The van der Waals surface area contributed by atoms with E-state index < -0.39 is 0 Å². The Balaban J connectivity index is 1.74. The molecule has 0 bridgehead atoms. The molecule has 0 aliphatic carbocycles. The van der Waals surface area contributed by atoms with E-state index in [0.29, 0.717) is 11.9 Å². The minimum absolute atomic E-state index is 0.311. The van der Waals surface area contributed by atoms with E-state index in [1.54, 1.807) is 6.07 Å². The Bertz CT molecular complexity index is 635. The van der Waals surface area contributed by atoms with Gasteiger partial charge >= 0.3 is 0 Å². The summed E-state index contributed by atoms with van der Waals surface area (Å²) in [5.41, 5.74) is 3.55. The number of hydrogen-bond acceptors (Lipinski definition) is 3. The molecule has 3 heteroatoms. The van der Waals surface area contributed by atoms with Gasteiger partial charge in [-0.05, 0) is 31.4 Å². The van der Waals surface area contributed by atoms with Crippen molar-refractivity contribution >= 4 is 0 Å². The van der Waals surface area contributed by atoms with Crippen molar-refractivity contribution in [1.29, 1.82) is 0 Å². The number of benzene rings is 2. The molecule has 1 aliphatic rings. The fourth-order valence-electron chi connectivity index (χ4n) is 3.22. The number of nitrogens with zero attached hydrogens (tertiary/aromatic N) is 1. The number of hydrogen-bond donors (Lipinski definition) is 1. The Morgan fingerprint density at radius 3 is 2.74 bits per heavy atom. The number of phenols is 1. The van der Waals surface area contributed by atoms with Crippen molar-refractivity contribution in [3.05, 3.63) is 65.2 Å². The highest BCUT2D eigenvalue weighted by molar-refractivity contribution is 5.31. The fourth-order valence-corrected chi connectivity index (χ4v) is 3.22. The molecule has 23 heavy (non-hydrogen) atoms. The van der Waals surface area contributed by atoms with E-state index in [-0.39, 0.29) is 0 Å². The van der Waals surface area contributed by atoms with Gasteiger partial charge in [-0.2, -0.15) is 0 Å². The second-order valence-corrected chi connectivity index (χ2v) is 6.42. The van der Waals surface area contributed by atoms with Crippen molar-refractivity contribution < 1.29 is 9.84 Å². The predicted octanol–water partition coefficient (Wildman–Crippen LogP) is 3.88. The average Bonchev–Trinajstić information content (AvgIpc) is 3.02.